The number of nitrogens with one attached hydrogen (secondary N) is 1. The van der Waals surface area contributed by atoms with Crippen molar-refractivity contribution in [3.8, 4) is 0 Å². The quantitative estimate of drug-likeness (QED) is 0.861. The molecule has 0 bridgehead atoms. The minimum absolute atomic E-state index is 0.0827. The van der Waals surface area contributed by atoms with Gasteiger partial charge in [0.2, 0.25) is 5.89 Å². The van der Waals surface area contributed by atoms with E-state index in [1.807, 2.05) is 6.92 Å². The molecule has 3 rings (SSSR count). The van der Waals surface area contributed by atoms with E-state index in [9.17, 15) is 18.4 Å². The number of aromatic nitrogens is 2. The van der Waals surface area contributed by atoms with Crippen LogP contribution >= 0.6 is 0 Å². The number of halogens is 2. The topological polar surface area (TPSA) is 88.3 Å². The molecular formula is C15H14F2N4O3. The Kier molecular flexibility index (Phi) is 3.78. The molecule has 1 N–H and O–H groups in total. The lowest BCUT2D eigenvalue weighted by Gasteiger charge is -2.22. The summed E-state index contributed by atoms with van der Waals surface area (Å²) in [5, 5.41) is 6.08. The van der Waals surface area contributed by atoms with Gasteiger partial charge in [-0.3, -0.25) is 9.69 Å². The number of urea groups is 1. The fraction of sp³-hybridized carbons (Fsp3) is 0.333. The Balaban J connectivity index is 1.91. The van der Waals surface area contributed by atoms with Crippen molar-refractivity contribution in [1.82, 2.24) is 20.4 Å². The molecule has 3 amide bonds. The molecule has 0 saturated carbocycles. The molecule has 0 aliphatic carbocycles. The van der Waals surface area contributed by atoms with Crippen LogP contribution in [-0.4, -0.2) is 27.0 Å². The average Bonchev–Trinajstić information content (AvgIpc) is 3.09. The summed E-state index contributed by atoms with van der Waals surface area (Å²) in [6.07, 6.45) is 0.538. The van der Waals surface area contributed by atoms with E-state index in [2.05, 4.69) is 15.5 Å². The summed E-state index contributed by atoms with van der Waals surface area (Å²) in [6.45, 7) is 2.90. The van der Waals surface area contributed by atoms with Gasteiger partial charge >= 0.3 is 6.03 Å². The van der Waals surface area contributed by atoms with Crippen LogP contribution in [0.4, 0.5) is 13.6 Å². The van der Waals surface area contributed by atoms with Crippen LogP contribution in [0.3, 0.4) is 0 Å². The monoisotopic (exact) mass is 336 g/mol. The Labute approximate surface area is 135 Å². The van der Waals surface area contributed by atoms with E-state index < -0.39 is 29.1 Å². The van der Waals surface area contributed by atoms with Gasteiger partial charge in [0.25, 0.3) is 5.91 Å². The highest BCUT2D eigenvalue weighted by Crippen LogP contribution is 2.31. The summed E-state index contributed by atoms with van der Waals surface area (Å²) < 4.78 is 32.4. The third-order valence-electron chi connectivity index (χ3n) is 3.86. The number of benzene rings is 1. The lowest BCUT2D eigenvalue weighted by Crippen LogP contribution is -2.41. The Bertz CT molecular complexity index is 823. The predicted molar refractivity (Wildman–Crippen MR) is 76.5 cm³/mol. The van der Waals surface area contributed by atoms with Crippen LogP contribution in [-0.2, 0) is 23.3 Å². The number of nitrogens with zero attached hydrogens (tertiary/aromatic N) is 3. The van der Waals surface area contributed by atoms with Gasteiger partial charge in [-0.25, -0.2) is 13.6 Å². The van der Waals surface area contributed by atoms with Crippen molar-refractivity contribution in [3.05, 3.63) is 47.1 Å². The summed E-state index contributed by atoms with van der Waals surface area (Å²) in [6, 6.07) is 1.98. The first-order valence-corrected chi connectivity index (χ1v) is 7.26. The smallest absolute Gasteiger partial charge is 0.325 e. The molecule has 2 heterocycles. The summed E-state index contributed by atoms with van der Waals surface area (Å²) in [5.41, 5.74) is -1.96. The van der Waals surface area contributed by atoms with Crippen LogP contribution in [0.5, 0.6) is 0 Å². The highest BCUT2D eigenvalue weighted by Gasteiger charge is 2.50. The zero-order chi connectivity index (χ0) is 17.5. The number of carbonyl (C=O) groups excluding carboxylic acids is 2. The Morgan fingerprint density at radius 1 is 1.33 bits per heavy atom. The molecule has 1 aromatic heterocycles. The van der Waals surface area contributed by atoms with Gasteiger partial charge in [0.05, 0.1) is 0 Å². The van der Waals surface area contributed by atoms with Crippen molar-refractivity contribution in [2.45, 2.75) is 32.4 Å². The molecule has 1 aromatic carbocycles. The fourth-order valence-electron chi connectivity index (χ4n) is 2.54. The molecule has 0 radical (unpaired) electrons. The molecule has 1 saturated heterocycles. The molecule has 1 aliphatic heterocycles. The molecule has 24 heavy (non-hydrogen) atoms. The second-order valence-corrected chi connectivity index (χ2v) is 5.53. The van der Waals surface area contributed by atoms with Crippen molar-refractivity contribution in [1.29, 1.82) is 0 Å². The van der Waals surface area contributed by atoms with Crippen LogP contribution in [0, 0.1) is 11.6 Å². The van der Waals surface area contributed by atoms with Crippen molar-refractivity contribution >= 4 is 11.9 Å². The molecule has 1 aliphatic rings. The van der Waals surface area contributed by atoms with E-state index in [-0.39, 0.29) is 18.0 Å². The standard InChI is InChI=1S/C15H14F2N4O3/c1-3-11-18-12(24-20-11)7-21-13(22)15(2,19-14(21)23)9-6-8(16)4-5-10(9)17/h4-6H,3,7H2,1-2H3,(H,19,23)/t15-/m0/s1. The van der Waals surface area contributed by atoms with Crippen LogP contribution in [0.2, 0.25) is 0 Å². The van der Waals surface area contributed by atoms with Gasteiger partial charge < -0.3 is 9.84 Å². The normalized spacial score (nSPS) is 20.6. The van der Waals surface area contributed by atoms with E-state index in [0.29, 0.717) is 12.2 Å². The highest BCUT2D eigenvalue weighted by molar-refractivity contribution is 6.07. The lowest BCUT2D eigenvalue weighted by atomic mass is 9.91. The number of aryl methyl sites for hydroxylation is 1. The summed E-state index contributed by atoms with van der Waals surface area (Å²) in [5.74, 6) is -1.71. The van der Waals surface area contributed by atoms with E-state index in [1.54, 1.807) is 0 Å². The first kappa shape index (κ1) is 16.0. The number of rotatable bonds is 4. The second kappa shape index (κ2) is 5.66. The van der Waals surface area contributed by atoms with E-state index >= 15 is 0 Å². The molecule has 0 unspecified atom stereocenters. The van der Waals surface area contributed by atoms with E-state index in [0.717, 1.165) is 23.1 Å². The van der Waals surface area contributed by atoms with Gasteiger partial charge in [0, 0.05) is 12.0 Å². The molecule has 7 nitrogen and oxygen atoms in total. The first-order chi connectivity index (χ1) is 11.3. The van der Waals surface area contributed by atoms with Gasteiger partial charge in [-0.05, 0) is 25.1 Å². The van der Waals surface area contributed by atoms with Gasteiger partial charge in [-0.1, -0.05) is 12.1 Å². The van der Waals surface area contributed by atoms with Gasteiger partial charge in [-0.2, -0.15) is 4.98 Å². The van der Waals surface area contributed by atoms with Crippen LogP contribution in [0.15, 0.2) is 22.7 Å². The predicted octanol–water partition coefficient (Wildman–Crippen LogP) is 1.88. The van der Waals surface area contributed by atoms with Crippen molar-refractivity contribution in [3.63, 3.8) is 0 Å². The van der Waals surface area contributed by atoms with E-state index in [4.69, 9.17) is 4.52 Å². The number of carbonyl (C=O) groups is 2. The van der Waals surface area contributed by atoms with Crippen LogP contribution < -0.4 is 5.32 Å². The fourth-order valence-corrected chi connectivity index (χ4v) is 2.54. The largest absolute Gasteiger partial charge is 0.337 e. The maximum Gasteiger partial charge on any atom is 0.325 e. The molecule has 1 fully saturated rings. The van der Waals surface area contributed by atoms with Crippen molar-refractivity contribution in [2.24, 2.45) is 0 Å². The zero-order valence-electron chi connectivity index (χ0n) is 13.0. The summed E-state index contributed by atoms with van der Waals surface area (Å²) >= 11 is 0. The second-order valence-electron chi connectivity index (χ2n) is 5.53. The molecule has 0 spiro atoms. The minimum Gasteiger partial charge on any atom is -0.337 e. The van der Waals surface area contributed by atoms with Gasteiger partial charge in [0.1, 0.15) is 23.7 Å². The Morgan fingerprint density at radius 2 is 2.08 bits per heavy atom. The van der Waals surface area contributed by atoms with Crippen LogP contribution in [0.25, 0.3) is 0 Å². The Hall–Kier alpha value is -2.84. The maximum absolute atomic E-state index is 14.0. The van der Waals surface area contributed by atoms with Crippen LogP contribution in [0.1, 0.15) is 31.1 Å². The van der Waals surface area contributed by atoms with Crippen molar-refractivity contribution < 1.29 is 22.9 Å². The number of amides is 3. The maximum atomic E-state index is 14.0. The molecule has 126 valence electrons. The third kappa shape index (κ3) is 2.51. The average molecular weight is 336 g/mol. The summed E-state index contributed by atoms with van der Waals surface area (Å²) in [7, 11) is 0. The molecular weight excluding hydrogens is 322 g/mol. The van der Waals surface area contributed by atoms with Gasteiger partial charge in [0.15, 0.2) is 5.82 Å². The van der Waals surface area contributed by atoms with Crippen molar-refractivity contribution in [2.75, 3.05) is 0 Å². The SMILES string of the molecule is CCc1noc(CN2C(=O)N[C@@](C)(c3cc(F)ccc3F)C2=O)n1. The molecule has 2 aromatic rings. The summed E-state index contributed by atoms with van der Waals surface area (Å²) in [4.78, 5) is 29.6. The Morgan fingerprint density at radius 3 is 2.75 bits per heavy atom. The molecule has 9 heteroatoms. The molecule has 1 atom stereocenters. The zero-order valence-corrected chi connectivity index (χ0v) is 13.0. The lowest BCUT2D eigenvalue weighted by molar-refractivity contribution is -0.131. The highest BCUT2D eigenvalue weighted by atomic mass is 19.1. The minimum atomic E-state index is -1.71. The van der Waals surface area contributed by atoms with Gasteiger partial charge in [-0.15, -0.1) is 0 Å². The number of hydrogen-bond acceptors (Lipinski definition) is 5. The number of hydrogen-bond donors (Lipinski definition) is 1. The van der Waals surface area contributed by atoms with E-state index in [1.165, 1.54) is 6.92 Å². The number of imide groups is 1. The third-order valence-corrected chi connectivity index (χ3v) is 3.86. The first-order valence-electron chi connectivity index (χ1n) is 7.26.